The third-order valence-corrected chi connectivity index (χ3v) is 4.23. The van der Waals surface area contributed by atoms with E-state index in [0.717, 1.165) is 20.8 Å². The van der Waals surface area contributed by atoms with E-state index < -0.39 is 6.10 Å². The van der Waals surface area contributed by atoms with Crippen molar-refractivity contribution in [2.45, 2.75) is 6.10 Å². The van der Waals surface area contributed by atoms with Crippen molar-refractivity contribution in [2.24, 2.45) is 7.05 Å². The van der Waals surface area contributed by atoms with Gasteiger partial charge in [-0.15, -0.1) is 0 Å². The van der Waals surface area contributed by atoms with Crippen molar-refractivity contribution in [3.63, 3.8) is 0 Å². The third-order valence-electron chi connectivity index (χ3n) is 3.62. The van der Waals surface area contributed by atoms with Crippen LogP contribution in [0.15, 0.2) is 47.1 Å². The lowest BCUT2D eigenvalue weighted by Crippen LogP contribution is -2.09. The number of benzene rings is 2. The Labute approximate surface area is 131 Å². The number of aliphatic hydroxyl groups excluding tert-OH is 1. The van der Waals surface area contributed by atoms with Crippen LogP contribution in [0.3, 0.4) is 0 Å². The fourth-order valence-electron chi connectivity index (χ4n) is 2.60. The van der Waals surface area contributed by atoms with Gasteiger partial charge in [-0.3, -0.25) is 4.68 Å². The second-order valence-electron chi connectivity index (χ2n) is 4.81. The highest BCUT2D eigenvalue weighted by Crippen LogP contribution is 2.38. The number of aromatic nitrogens is 2. The van der Waals surface area contributed by atoms with Crippen LogP contribution in [-0.4, -0.2) is 22.0 Å². The minimum absolute atomic E-state index is 0.661. The first-order valence-corrected chi connectivity index (χ1v) is 7.34. The lowest BCUT2D eigenvalue weighted by molar-refractivity contribution is 0.205. The van der Waals surface area contributed by atoms with E-state index in [9.17, 15) is 5.11 Å². The Bertz CT molecular complexity index is 779. The molecule has 21 heavy (non-hydrogen) atoms. The van der Waals surface area contributed by atoms with Crippen LogP contribution < -0.4 is 4.74 Å². The maximum absolute atomic E-state index is 10.9. The first kappa shape index (κ1) is 14.1. The molecule has 1 unspecified atom stereocenters. The van der Waals surface area contributed by atoms with Crippen molar-refractivity contribution in [1.82, 2.24) is 9.78 Å². The minimum Gasteiger partial charge on any atom is -0.496 e. The lowest BCUT2D eigenvalue weighted by Gasteiger charge is -2.18. The first-order chi connectivity index (χ1) is 10.1. The maximum atomic E-state index is 10.9. The molecule has 1 N–H and O–H groups in total. The van der Waals surface area contributed by atoms with E-state index in [1.807, 2.05) is 36.4 Å². The maximum Gasteiger partial charge on any atom is 0.126 e. The summed E-state index contributed by atoms with van der Waals surface area (Å²) >= 11 is 3.44. The number of methoxy groups -OCH3 is 1. The molecular formula is C16H15BrN2O2. The summed E-state index contributed by atoms with van der Waals surface area (Å²) < 4.78 is 7.88. The van der Waals surface area contributed by atoms with Crippen LogP contribution in [0, 0.1) is 0 Å². The molecule has 2 aromatic carbocycles. The van der Waals surface area contributed by atoms with Crippen molar-refractivity contribution in [3.05, 3.63) is 58.3 Å². The molecule has 0 aliphatic heterocycles. The summed E-state index contributed by atoms with van der Waals surface area (Å²) in [6, 6.07) is 11.8. The largest absolute Gasteiger partial charge is 0.496 e. The van der Waals surface area contributed by atoms with Crippen LogP contribution in [0.1, 0.15) is 17.4 Å². The van der Waals surface area contributed by atoms with Crippen LogP contribution in [-0.2, 0) is 7.05 Å². The Kier molecular flexibility index (Phi) is 3.69. The Morgan fingerprint density at radius 1 is 1.24 bits per heavy atom. The molecule has 1 atom stereocenters. The zero-order valence-corrected chi connectivity index (χ0v) is 13.3. The van der Waals surface area contributed by atoms with E-state index in [1.54, 1.807) is 25.0 Å². The Hall–Kier alpha value is -1.85. The van der Waals surface area contributed by atoms with E-state index >= 15 is 0 Å². The Morgan fingerprint density at radius 3 is 2.67 bits per heavy atom. The van der Waals surface area contributed by atoms with E-state index in [4.69, 9.17) is 4.74 Å². The standard InChI is InChI=1S/C16H15BrN2O2/c1-19-15(12(17)9-18-19)16(20)14-11-6-4-3-5-10(11)7-8-13(14)21-2/h3-9,16,20H,1-2H3. The number of halogens is 1. The number of ether oxygens (including phenoxy) is 1. The van der Waals surface area contributed by atoms with Gasteiger partial charge >= 0.3 is 0 Å². The summed E-state index contributed by atoms with van der Waals surface area (Å²) in [6.07, 6.45) is 0.851. The average Bonchev–Trinajstić information content (AvgIpc) is 2.84. The monoisotopic (exact) mass is 346 g/mol. The zero-order valence-electron chi connectivity index (χ0n) is 11.7. The number of rotatable bonds is 3. The normalized spacial score (nSPS) is 12.6. The van der Waals surface area contributed by atoms with Crippen LogP contribution >= 0.6 is 15.9 Å². The van der Waals surface area contributed by atoms with Gasteiger partial charge in [0.05, 0.1) is 23.5 Å². The molecule has 108 valence electrons. The van der Waals surface area contributed by atoms with Crippen molar-refractivity contribution in [1.29, 1.82) is 0 Å². The molecule has 5 heteroatoms. The molecule has 0 saturated carbocycles. The third kappa shape index (κ3) is 2.32. The predicted molar refractivity (Wildman–Crippen MR) is 85.5 cm³/mol. The molecule has 1 aromatic heterocycles. The average molecular weight is 347 g/mol. The highest BCUT2D eigenvalue weighted by atomic mass is 79.9. The van der Waals surface area contributed by atoms with Gasteiger partial charge in [0.25, 0.3) is 0 Å². The number of hydrogen-bond acceptors (Lipinski definition) is 3. The van der Waals surface area contributed by atoms with E-state index in [2.05, 4.69) is 21.0 Å². The zero-order chi connectivity index (χ0) is 15.0. The smallest absolute Gasteiger partial charge is 0.126 e. The van der Waals surface area contributed by atoms with Crippen LogP contribution in [0.25, 0.3) is 10.8 Å². The number of nitrogens with zero attached hydrogens (tertiary/aromatic N) is 2. The summed E-state index contributed by atoms with van der Waals surface area (Å²) in [5, 5.41) is 17.1. The van der Waals surface area contributed by atoms with Crippen molar-refractivity contribution in [3.8, 4) is 5.75 Å². The number of aliphatic hydroxyl groups is 1. The summed E-state index contributed by atoms with van der Waals surface area (Å²) in [7, 11) is 3.42. The molecule has 0 spiro atoms. The highest BCUT2D eigenvalue weighted by molar-refractivity contribution is 9.10. The molecule has 0 aliphatic rings. The fourth-order valence-corrected chi connectivity index (χ4v) is 3.17. The topological polar surface area (TPSA) is 47.3 Å². The molecule has 0 aliphatic carbocycles. The Morgan fingerprint density at radius 2 is 2.00 bits per heavy atom. The van der Waals surface area contributed by atoms with Gasteiger partial charge in [-0.2, -0.15) is 5.10 Å². The van der Waals surface area contributed by atoms with Gasteiger partial charge in [-0.1, -0.05) is 30.3 Å². The fraction of sp³-hybridized carbons (Fsp3) is 0.188. The molecule has 0 radical (unpaired) electrons. The molecule has 3 rings (SSSR count). The lowest BCUT2D eigenvalue weighted by atomic mass is 9.97. The van der Waals surface area contributed by atoms with Crippen LogP contribution in [0.2, 0.25) is 0 Å². The number of aryl methyl sites for hydroxylation is 1. The van der Waals surface area contributed by atoms with Crippen molar-refractivity contribution < 1.29 is 9.84 Å². The molecule has 3 aromatic rings. The quantitative estimate of drug-likeness (QED) is 0.790. The predicted octanol–water partition coefficient (Wildman–Crippen LogP) is 3.43. The van der Waals surface area contributed by atoms with Crippen LogP contribution in [0.4, 0.5) is 0 Å². The first-order valence-electron chi connectivity index (χ1n) is 6.54. The number of fused-ring (bicyclic) bond motifs is 1. The molecule has 0 bridgehead atoms. The van der Waals surface area contributed by atoms with E-state index in [0.29, 0.717) is 11.4 Å². The molecule has 0 saturated heterocycles. The van der Waals surface area contributed by atoms with Gasteiger partial charge in [-0.05, 0) is 32.8 Å². The molecule has 0 amide bonds. The summed E-state index contributed by atoms with van der Waals surface area (Å²) in [4.78, 5) is 0. The molecule has 1 heterocycles. The number of hydrogen-bond donors (Lipinski definition) is 1. The van der Waals surface area contributed by atoms with Gasteiger partial charge < -0.3 is 9.84 Å². The summed E-state index contributed by atoms with van der Waals surface area (Å²) in [6.45, 7) is 0. The van der Waals surface area contributed by atoms with Gasteiger partial charge in [-0.25, -0.2) is 0 Å². The van der Waals surface area contributed by atoms with Crippen molar-refractivity contribution in [2.75, 3.05) is 7.11 Å². The van der Waals surface area contributed by atoms with E-state index in [-0.39, 0.29) is 0 Å². The molecule has 4 nitrogen and oxygen atoms in total. The Balaban J connectivity index is 2.28. The molecule has 0 fully saturated rings. The minimum atomic E-state index is -0.826. The highest BCUT2D eigenvalue weighted by Gasteiger charge is 2.23. The van der Waals surface area contributed by atoms with E-state index in [1.165, 1.54) is 0 Å². The van der Waals surface area contributed by atoms with Gasteiger partial charge in [0, 0.05) is 12.6 Å². The van der Waals surface area contributed by atoms with Gasteiger partial charge in [0.2, 0.25) is 0 Å². The van der Waals surface area contributed by atoms with Gasteiger partial charge in [0.15, 0.2) is 0 Å². The second kappa shape index (κ2) is 5.50. The van der Waals surface area contributed by atoms with Crippen LogP contribution in [0.5, 0.6) is 5.75 Å². The van der Waals surface area contributed by atoms with Crippen molar-refractivity contribution >= 4 is 26.7 Å². The van der Waals surface area contributed by atoms with Gasteiger partial charge in [0.1, 0.15) is 11.9 Å². The molecular weight excluding hydrogens is 332 g/mol. The summed E-state index contributed by atoms with van der Waals surface area (Å²) in [5.74, 6) is 0.661. The summed E-state index contributed by atoms with van der Waals surface area (Å²) in [5.41, 5.74) is 1.45. The second-order valence-corrected chi connectivity index (χ2v) is 5.66. The SMILES string of the molecule is COc1ccc2ccccc2c1C(O)c1c(Br)cnn1C.